The number of likely N-dealkylation sites (N-methyl/N-ethyl adjacent to an activating group) is 1. The van der Waals surface area contributed by atoms with Crippen molar-refractivity contribution in [2.75, 3.05) is 40.4 Å². The highest BCUT2D eigenvalue weighted by Gasteiger charge is 2.44. The molecule has 3 fully saturated rings. The van der Waals surface area contributed by atoms with Crippen LogP contribution in [-0.2, 0) is 14.3 Å². The second-order valence-corrected chi connectivity index (χ2v) is 6.56. The van der Waals surface area contributed by atoms with Gasteiger partial charge in [-0.1, -0.05) is 0 Å². The number of carbonyl (C=O) groups excluding carboxylic acids is 1. The Morgan fingerprint density at radius 3 is 2.80 bits per heavy atom. The van der Waals surface area contributed by atoms with Crippen molar-refractivity contribution in [2.45, 2.75) is 43.9 Å². The van der Waals surface area contributed by atoms with Crippen LogP contribution in [0.2, 0.25) is 0 Å². The number of carbonyl (C=O) groups is 1. The molecule has 0 aromatic heterocycles. The van der Waals surface area contributed by atoms with Crippen LogP contribution in [0.25, 0.3) is 0 Å². The van der Waals surface area contributed by atoms with Crippen LogP contribution in [0.5, 0.6) is 0 Å². The third kappa shape index (κ3) is 3.15. The molecule has 1 amide bonds. The number of ether oxygens (including phenoxy) is 2. The lowest BCUT2D eigenvalue weighted by Crippen LogP contribution is -2.52. The standard InChI is InChI=1S/C15H26N2O3/c1-16(2)14(18)10-20-13-6-5-12-15(13)19-8-7-17(12)9-11-3-4-11/h11-13,15H,3-10H2,1-2H3/t12-,13+,15+/m0/s1. The number of hydrogen-bond acceptors (Lipinski definition) is 4. The predicted molar refractivity (Wildman–Crippen MR) is 75.5 cm³/mol. The third-order valence-corrected chi connectivity index (χ3v) is 4.76. The Balaban J connectivity index is 1.52. The molecule has 3 atom stereocenters. The van der Waals surface area contributed by atoms with Gasteiger partial charge in [0.2, 0.25) is 5.91 Å². The highest BCUT2D eigenvalue weighted by molar-refractivity contribution is 5.76. The summed E-state index contributed by atoms with van der Waals surface area (Å²) in [7, 11) is 3.52. The van der Waals surface area contributed by atoms with E-state index in [-0.39, 0.29) is 24.7 Å². The summed E-state index contributed by atoms with van der Waals surface area (Å²) < 4.78 is 11.8. The first-order chi connectivity index (χ1) is 9.65. The van der Waals surface area contributed by atoms with Gasteiger partial charge >= 0.3 is 0 Å². The molecular weight excluding hydrogens is 256 g/mol. The van der Waals surface area contributed by atoms with E-state index in [0.29, 0.717) is 6.04 Å². The quantitative estimate of drug-likeness (QED) is 0.745. The summed E-state index contributed by atoms with van der Waals surface area (Å²) in [6.45, 7) is 3.26. The maximum Gasteiger partial charge on any atom is 0.248 e. The minimum absolute atomic E-state index is 0.0269. The van der Waals surface area contributed by atoms with E-state index >= 15 is 0 Å². The van der Waals surface area contributed by atoms with E-state index in [2.05, 4.69) is 4.90 Å². The molecule has 0 unspecified atom stereocenters. The zero-order valence-electron chi connectivity index (χ0n) is 12.6. The normalized spacial score (nSPS) is 34.0. The number of rotatable bonds is 5. The van der Waals surface area contributed by atoms with Crippen LogP contribution in [-0.4, -0.2) is 74.4 Å². The zero-order chi connectivity index (χ0) is 14.1. The molecule has 2 saturated carbocycles. The summed E-state index contributed by atoms with van der Waals surface area (Å²) >= 11 is 0. The lowest BCUT2D eigenvalue weighted by Gasteiger charge is -2.39. The lowest BCUT2D eigenvalue weighted by atomic mass is 10.1. The Kier molecular flexibility index (Phi) is 4.29. The van der Waals surface area contributed by atoms with Crippen LogP contribution in [0.15, 0.2) is 0 Å². The van der Waals surface area contributed by atoms with E-state index < -0.39 is 0 Å². The van der Waals surface area contributed by atoms with Gasteiger partial charge in [-0.15, -0.1) is 0 Å². The summed E-state index contributed by atoms with van der Waals surface area (Å²) in [6, 6.07) is 0.504. The van der Waals surface area contributed by atoms with Gasteiger partial charge in [0.15, 0.2) is 0 Å². The molecule has 1 aliphatic heterocycles. The second kappa shape index (κ2) is 6.00. The van der Waals surface area contributed by atoms with Crippen molar-refractivity contribution in [2.24, 2.45) is 5.92 Å². The first-order valence-electron chi connectivity index (χ1n) is 7.82. The summed E-state index contributed by atoms with van der Waals surface area (Å²) in [5.74, 6) is 0.947. The van der Waals surface area contributed by atoms with Crippen LogP contribution in [0, 0.1) is 5.92 Å². The largest absolute Gasteiger partial charge is 0.373 e. The van der Waals surface area contributed by atoms with Gasteiger partial charge in [-0.2, -0.15) is 0 Å². The van der Waals surface area contributed by atoms with E-state index in [0.717, 1.165) is 31.9 Å². The van der Waals surface area contributed by atoms with E-state index in [1.807, 2.05) is 0 Å². The number of morpholine rings is 1. The molecule has 0 aromatic rings. The first kappa shape index (κ1) is 14.3. The van der Waals surface area contributed by atoms with Crippen molar-refractivity contribution < 1.29 is 14.3 Å². The summed E-state index contributed by atoms with van der Waals surface area (Å²) in [5, 5.41) is 0. The fraction of sp³-hybridized carbons (Fsp3) is 0.933. The maximum absolute atomic E-state index is 11.6. The van der Waals surface area contributed by atoms with Crippen molar-refractivity contribution in [1.82, 2.24) is 9.80 Å². The third-order valence-electron chi connectivity index (χ3n) is 4.76. The Bertz CT molecular complexity index is 357. The van der Waals surface area contributed by atoms with E-state index in [1.165, 1.54) is 19.4 Å². The Hall–Kier alpha value is -0.650. The SMILES string of the molecule is CN(C)C(=O)CO[C@@H]1CC[C@H]2[C@H]1OCCN2CC1CC1. The van der Waals surface area contributed by atoms with Gasteiger partial charge in [-0.25, -0.2) is 0 Å². The van der Waals surface area contributed by atoms with Gasteiger partial charge in [-0.05, 0) is 31.6 Å². The summed E-state index contributed by atoms with van der Waals surface area (Å²) in [6.07, 6.45) is 5.19. The van der Waals surface area contributed by atoms with Gasteiger partial charge in [0.25, 0.3) is 0 Å². The average molecular weight is 282 g/mol. The lowest BCUT2D eigenvalue weighted by molar-refractivity contribution is -0.144. The topological polar surface area (TPSA) is 42.0 Å². The van der Waals surface area contributed by atoms with Crippen LogP contribution in [0.4, 0.5) is 0 Å². The van der Waals surface area contributed by atoms with Crippen LogP contribution < -0.4 is 0 Å². The van der Waals surface area contributed by atoms with Crippen molar-refractivity contribution in [1.29, 1.82) is 0 Å². The molecule has 20 heavy (non-hydrogen) atoms. The molecule has 2 aliphatic carbocycles. The molecule has 1 saturated heterocycles. The Morgan fingerprint density at radius 2 is 2.10 bits per heavy atom. The molecule has 5 nitrogen and oxygen atoms in total. The van der Waals surface area contributed by atoms with Crippen molar-refractivity contribution in [3.05, 3.63) is 0 Å². The minimum Gasteiger partial charge on any atom is -0.373 e. The highest BCUT2D eigenvalue weighted by Crippen LogP contribution is 2.36. The van der Waals surface area contributed by atoms with Crippen LogP contribution in [0.1, 0.15) is 25.7 Å². The molecule has 0 spiro atoms. The molecule has 0 N–H and O–H groups in total. The Morgan fingerprint density at radius 1 is 1.30 bits per heavy atom. The number of fused-ring (bicyclic) bond motifs is 1. The fourth-order valence-corrected chi connectivity index (χ4v) is 3.34. The summed E-state index contributed by atoms with van der Waals surface area (Å²) in [4.78, 5) is 15.8. The molecular formula is C15H26N2O3. The molecule has 3 rings (SSSR count). The number of nitrogens with zero attached hydrogens (tertiary/aromatic N) is 2. The van der Waals surface area contributed by atoms with Crippen molar-refractivity contribution >= 4 is 5.91 Å². The van der Waals surface area contributed by atoms with E-state index in [4.69, 9.17) is 9.47 Å². The highest BCUT2D eigenvalue weighted by atomic mass is 16.5. The second-order valence-electron chi connectivity index (χ2n) is 6.56. The molecule has 1 heterocycles. The molecule has 0 radical (unpaired) electrons. The molecule has 114 valence electrons. The smallest absolute Gasteiger partial charge is 0.248 e. The average Bonchev–Trinajstić information content (AvgIpc) is 3.14. The summed E-state index contributed by atoms with van der Waals surface area (Å²) in [5.41, 5.74) is 0. The molecule has 0 bridgehead atoms. The van der Waals surface area contributed by atoms with Crippen molar-refractivity contribution in [3.8, 4) is 0 Å². The van der Waals surface area contributed by atoms with E-state index in [1.54, 1.807) is 19.0 Å². The molecule has 3 aliphatic rings. The van der Waals surface area contributed by atoms with Gasteiger partial charge < -0.3 is 14.4 Å². The number of amides is 1. The maximum atomic E-state index is 11.6. The van der Waals surface area contributed by atoms with Crippen molar-refractivity contribution in [3.63, 3.8) is 0 Å². The van der Waals surface area contributed by atoms with Gasteiger partial charge in [0.05, 0.1) is 18.8 Å². The monoisotopic (exact) mass is 282 g/mol. The molecule has 5 heteroatoms. The minimum atomic E-state index is 0.0269. The molecule has 0 aromatic carbocycles. The zero-order valence-corrected chi connectivity index (χ0v) is 12.6. The Labute approximate surface area is 121 Å². The predicted octanol–water partition coefficient (Wildman–Crippen LogP) is 0.733. The van der Waals surface area contributed by atoms with Crippen LogP contribution >= 0.6 is 0 Å². The number of hydrogen-bond donors (Lipinski definition) is 0. The van der Waals surface area contributed by atoms with Crippen LogP contribution in [0.3, 0.4) is 0 Å². The van der Waals surface area contributed by atoms with Gasteiger partial charge in [0.1, 0.15) is 6.61 Å². The van der Waals surface area contributed by atoms with Gasteiger partial charge in [0, 0.05) is 33.2 Å². The fourth-order valence-electron chi connectivity index (χ4n) is 3.34. The van der Waals surface area contributed by atoms with Gasteiger partial charge in [-0.3, -0.25) is 9.69 Å². The van der Waals surface area contributed by atoms with E-state index in [9.17, 15) is 4.79 Å². The first-order valence-corrected chi connectivity index (χ1v) is 7.82.